The van der Waals surface area contributed by atoms with Gasteiger partial charge in [0.15, 0.2) is 0 Å². The molecule has 1 fully saturated rings. The van der Waals surface area contributed by atoms with Crippen LogP contribution < -0.4 is 0 Å². The Morgan fingerprint density at radius 2 is 1.80 bits per heavy atom. The van der Waals surface area contributed by atoms with Crippen LogP contribution in [0.5, 0.6) is 0 Å². The van der Waals surface area contributed by atoms with Gasteiger partial charge >= 0.3 is 0 Å². The minimum atomic E-state index is 0.683. The molecule has 0 saturated carbocycles. The lowest BCUT2D eigenvalue weighted by Crippen LogP contribution is -2.37. The molecule has 0 amide bonds. The van der Waals surface area contributed by atoms with Crippen molar-refractivity contribution < 1.29 is 0 Å². The molecule has 0 spiro atoms. The summed E-state index contributed by atoms with van der Waals surface area (Å²) in [4.78, 5) is 2.19. The predicted molar refractivity (Wildman–Crippen MR) is 63.2 cm³/mol. The monoisotopic (exact) mass is 202 g/mol. The van der Waals surface area contributed by atoms with Crippen molar-refractivity contribution in [3.8, 4) is 0 Å². The molecule has 1 aromatic carbocycles. The van der Waals surface area contributed by atoms with Gasteiger partial charge in [-0.3, -0.25) is 5.41 Å². The van der Waals surface area contributed by atoms with Crippen molar-refractivity contribution in [3.05, 3.63) is 35.9 Å². The van der Waals surface area contributed by atoms with Crippen LogP contribution in [0.25, 0.3) is 0 Å². The molecule has 1 aliphatic heterocycles. The average Bonchev–Trinajstić information content (AvgIpc) is 2.30. The minimum Gasteiger partial charge on any atom is -0.357 e. The summed E-state index contributed by atoms with van der Waals surface area (Å²) in [5, 5.41) is 8.12. The Hall–Kier alpha value is -1.31. The van der Waals surface area contributed by atoms with Crippen LogP contribution in [0.2, 0.25) is 0 Å². The van der Waals surface area contributed by atoms with E-state index in [1.165, 1.54) is 12.8 Å². The summed E-state index contributed by atoms with van der Waals surface area (Å²) in [5.74, 6) is 1.51. The first-order chi connectivity index (χ1) is 7.27. The Bertz CT molecular complexity index is 324. The second kappa shape index (κ2) is 4.47. The second-order valence-electron chi connectivity index (χ2n) is 4.38. The lowest BCUT2D eigenvalue weighted by Gasteiger charge is -2.32. The summed E-state index contributed by atoms with van der Waals surface area (Å²) in [6, 6.07) is 10.0. The van der Waals surface area contributed by atoms with E-state index in [2.05, 4.69) is 11.8 Å². The van der Waals surface area contributed by atoms with E-state index in [1.54, 1.807) is 0 Å². The summed E-state index contributed by atoms with van der Waals surface area (Å²) in [5.41, 5.74) is 1.03. The standard InChI is InChI=1S/C13H18N2/c1-11-7-9-15(10-8-11)13(14)12-5-3-2-4-6-12/h2-6,11,14H,7-10H2,1H3. The Balaban J connectivity index is 2.03. The molecule has 1 N–H and O–H groups in total. The quantitative estimate of drug-likeness (QED) is 0.550. The van der Waals surface area contributed by atoms with Crippen molar-refractivity contribution in [1.82, 2.24) is 4.90 Å². The molecule has 0 bridgehead atoms. The molecule has 2 rings (SSSR count). The first kappa shape index (κ1) is 10.2. The molecule has 2 heteroatoms. The molecule has 15 heavy (non-hydrogen) atoms. The van der Waals surface area contributed by atoms with Gasteiger partial charge in [-0.25, -0.2) is 0 Å². The molecular formula is C13H18N2. The molecule has 1 heterocycles. The molecule has 1 aliphatic rings. The predicted octanol–water partition coefficient (Wildman–Crippen LogP) is 2.74. The summed E-state index contributed by atoms with van der Waals surface area (Å²) >= 11 is 0. The number of hydrogen-bond donors (Lipinski definition) is 1. The van der Waals surface area contributed by atoms with Crippen molar-refractivity contribution in [1.29, 1.82) is 5.41 Å². The van der Waals surface area contributed by atoms with Gasteiger partial charge in [0.05, 0.1) is 0 Å². The summed E-state index contributed by atoms with van der Waals surface area (Å²) in [6.45, 7) is 4.37. The van der Waals surface area contributed by atoms with Gasteiger partial charge < -0.3 is 4.90 Å². The van der Waals surface area contributed by atoms with Crippen molar-refractivity contribution in [2.24, 2.45) is 5.92 Å². The lowest BCUT2D eigenvalue weighted by atomic mass is 9.98. The van der Waals surface area contributed by atoms with Crippen LogP contribution in [-0.2, 0) is 0 Å². The number of hydrogen-bond acceptors (Lipinski definition) is 1. The fourth-order valence-electron chi connectivity index (χ4n) is 2.01. The zero-order valence-electron chi connectivity index (χ0n) is 9.24. The topological polar surface area (TPSA) is 27.1 Å². The van der Waals surface area contributed by atoms with E-state index in [9.17, 15) is 0 Å². The smallest absolute Gasteiger partial charge is 0.128 e. The third-order valence-electron chi connectivity index (χ3n) is 3.15. The maximum absolute atomic E-state index is 8.12. The van der Waals surface area contributed by atoms with Crippen molar-refractivity contribution in [2.45, 2.75) is 19.8 Å². The highest BCUT2D eigenvalue weighted by Gasteiger charge is 2.18. The van der Waals surface area contributed by atoms with E-state index in [0.717, 1.165) is 24.6 Å². The third kappa shape index (κ3) is 2.38. The van der Waals surface area contributed by atoms with E-state index in [-0.39, 0.29) is 0 Å². The van der Waals surface area contributed by atoms with Crippen LogP contribution in [0, 0.1) is 11.3 Å². The van der Waals surface area contributed by atoms with E-state index in [1.807, 2.05) is 30.3 Å². The van der Waals surface area contributed by atoms with Gasteiger partial charge in [0, 0.05) is 18.7 Å². The summed E-state index contributed by atoms with van der Waals surface area (Å²) < 4.78 is 0. The summed E-state index contributed by atoms with van der Waals surface area (Å²) in [7, 11) is 0. The van der Waals surface area contributed by atoms with Crippen LogP contribution >= 0.6 is 0 Å². The molecule has 0 unspecified atom stereocenters. The molecule has 0 aromatic heterocycles. The highest BCUT2D eigenvalue weighted by atomic mass is 15.2. The number of piperidine rings is 1. The van der Waals surface area contributed by atoms with Gasteiger partial charge in [0.25, 0.3) is 0 Å². The molecule has 80 valence electrons. The van der Waals surface area contributed by atoms with Gasteiger partial charge in [-0.05, 0) is 18.8 Å². The lowest BCUT2D eigenvalue weighted by molar-refractivity contribution is 0.280. The van der Waals surface area contributed by atoms with Crippen molar-refractivity contribution in [2.75, 3.05) is 13.1 Å². The normalized spacial score (nSPS) is 17.8. The molecular weight excluding hydrogens is 184 g/mol. The van der Waals surface area contributed by atoms with E-state index in [0.29, 0.717) is 5.84 Å². The third-order valence-corrected chi connectivity index (χ3v) is 3.15. The van der Waals surface area contributed by atoms with Gasteiger partial charge in [-0.1, -0.05) is 37.3 Å². The van der Waals surface area contributed by atoms with Gasteiger partial charge in [-0.15, -0.1) is 0 Å². The SMILES string of the molecule is CC1CCN(C(=N)c2ccccc2)CC1. The van der Waals surface area contributed by atoms with Gasteiger partial charge in [0.1, 0.15) is 5.84 Å². The molecule has 1 aromatic rings. The van der Waals surface area contributed by atoms with Crippen LogP contribution in [-0.4, -0.2) is 23.8 Å². The molecule has 2 nitrogen and oxygen atoms in total. The number of nitrogens with zero attached hydrogens (tertiary/aromatic N) is 1. The largest absolute Gasteiger partial charge is 0.357 e. The maximum Gasteiger partial charge on any atom is 0.128 e. The Labute approximate surface area is 91.4 Å². The number of nitrogens with one attached hydrogen (secondary N) is 1. The average molecular weight is 202 g/mol. The molecule has 0 atom stereocenters. The Morgan fingerprint density at radius 1 is 1.20 bits per heavy atom. The van der Waals surface area contributed by atoms with E-state index in [4.69, 9.17) is 5.41 Å². The Kier molecular flexibility index (Phi) is 3.05. The van der Waals surface area contributed by atoms with Crippen LogP contribution in [0.3, 0.4) is 0 Å². The first-order valence-electron chi connectivity index (χ1n) is 5.66. The highest BCUT2D eigenvalue weighted by Crippen LogP contribution is 2.17. The highest BCUT2D eigenvalue weighted by molar-refractivity contribution is 5.96. The van der Waals surface area contributed by atoms with Crippen LogP contribution in [0.1, 0.15) is 25.3 Å². The fraction of sp³-hybridized carbons (Fsp3) is 0.462. The molecule has 0 aliphatic carbocycles. The van der Waals surface area contributed by atoms with Crippen molar-refractivity contribution in [3.63, 3.8) is 0 Å². The number of amidine groups is 1. The fourth-order valence-corrected chi connectivity index (χ4v) is 2.01. The van der Waals surface area contributed by atoms with E-state index < -0.39 is 0 Å². The molecule has 0 radical (unpaired) electrons. The zero-order chi connectivity index (χ0) is 10.7. The Morgan fingerprint density at radius 3 is 2.40 bits per heavy atom. The minimum absolute atomic E-state index is 0.683. The summed E-state index contributed by atoms with van der Waals surface area (Å²) in [6.07, 6.45) is 2.43. The maximum atomic E-state index is 8.12. The number of benzene rings is 1. The first-order valence-corrected chi connectivity index (χ1v) is 5.66. The van der Waals surface area contributed by atoms with Crippen LogP contribution in [0.4, 0.5) is 0 Å². The number of rotatable bonds is 1. The number of likely N-dealkylation sites (tertiary alicyclic amines) is 1. The molecule has 1 saturated heterocycles. The van der Waals surface area contributed by atoms with E-state index >= 15 is 0 Å². The van der Waals surface area contributed by atoms with Gasteiger partial charge in [-0.2, -0.15) is 0 Å². The zero-order valence-corrected chi connectivity index (χ0v) is 9.24. The second-order valence-corrected chi connectivity index (χ2v) is 4.38. The van der Waals surface area contributed by atoms with Crippen LogP contribution in [0.15, 0.2) is 30.3 Å². The van der Waals surface area contributed by atoms with Crippen molar-refractivity contribution >= 4 is 5.84 Å². The van der Waals surface area contributed by atoms with Gasteiger partial charge in [0.2, 0.25) is 0 Å².